The standard InChI is InChI=1S/C23H26BrN3O/c1-22(21(28)26-25-16-17-9-11-19(24)12-10-17)20-8-4-3-7-18(20)15-23(27-22)13-5-2-6-14-23/h3-4,7-12,16,27H,2,5-6,13-15H2,1H3,(H,26,28)/b25-16-/t22-/m0/s1. The van der Waals surface area contributed by atoms with Gasteiger partial charge in [0.05, 0.1) is 6.21 Å². The number of hydrazone groups is 1. The van der Waals surface area contributed by atoms with E-state index in [9.17, 15) is 4.79 Å². The summed E-state index contributed by atoms with van der Waals surface area (Å²) < 4.78 is 1.02. The first-order chi connectivity index (χ1) is 13.5. The Bertz CT molecular complexity index is 887. The highest BCUT2D eigenvalue weighted by atomic mass is 79.9. The zero-order valence-electron chi connectivity index (χ0n) is 16.2. The van der Waals surface area contributed by atoms with Gasteiger partial charge in [-0.25, -0.2) is 5.43 Å². The quantitative estimate of drug-likeness (QED) is 0.539. The third kappa shape index (κ3) is 3.78. The van der Waals surface area contributed by atoms with Gasteiger partial charge in [-0.1, -0.05) is 71.6 Å². The van der Waals surface area contributed by atoms with Crippen molar-refractivity contribution >= 4 is 28.1 Å². The number of fused-ring (bicyclic) bond motifs is 1. The Morgan fingerprint density at radius 3 is 2.57 bits per heavy atom. The molecule has 0 radical (unpaired) electrons. The molecule has 4 nitrogen and oxygen atoms in total. The van der Waals surface area contributed by atoms with Crippen molar-refractivity contribution in [3.05, 3.63) is 69.7 Å². The van der Waals surface area contributed by atoms with E-state index in [0.29, 0.717) is 0 Å². The molecule has 0 saturated heterocycles. The molecule has 28 heavy (non-hydrogen) atoms. The SMILES string of the molecule is C[C@]1(C(=O)N/N=C\c2ccc(Br)cc2)NC2(CCCCC2)Cc2ccccc21. The summed E-state index contributed by atoms with van der Waals surface area (Å²) >= 11 is 3.42. The molecule has 1 aliphatic carbocycles. The summed E-state index contributed by atoms with van der Waals surface area (Å²) in [5, 5.41) is 7.98. The average molecular weight is 440 g/mol. The van der Waals surface area contributed by atoms with Gasteiger partial charge in [-0.15, -0.1) is 0 Å². The van der Waals surface area contributed by atoms with Crippen molar-refractivity contribution in [2.24, 2.45) is 5.10 Å². The van der Waals surface area contributed by atoms with Gasteiger partial charge < -0.3 is 0 Å². The monoisotopic (exact) mass is 439 g/mol. The molecule has 5 heteroatoms. The Labute approximate surface area is 174 Å². The van der Waals surface area contributed by atoms with Crippen LogP contribution >= 0.6 is 15.9 Å². The van der Waals surface area contributed by atoms with Gasteiger partial charge in [-0.2, -0.15) is 5.10 Å². The normalized spacial score (nSPS) is 23.5. The predicted octanol–water partition coefficient (Wildman–Crippen LogP) is 4.66. The lowest BCUT2D eigenvalue weighted by molar-refractivity contribution is -0.129. The maximum Gasteiger partial charge on any atom is 0.264 e. The van der Waals surface area contributed by atoms with Crippen LogP contribution in [0.1, 0.15) is 55.7 Å². The summed E-state index contributed by atoms with van der Waals surface area (Å²) in [7, 11) is 0. The largest absolute Gasteiger partial charge is 0.294 e. The summed E-state index contributed by atoms with van der Waals surface area (Å²) in [6, 6.07) is 16.1. The topological polar surface area (TPSA) is 53.5 Å². The summed E-state index contributed by atoms with van der Waals surface area (Å²) in [6.45, 7) is 1.99. The predicted molar refractivity (Wildman–Crippen MR) is 116 cm³/mol. The van der Waals surface area contributed by atoms with Crippen LogP contribution in [-0.2, 0) is 16.8 Å². The second kappa shape index (κ2) is 7.80. The van der Waals surface area contributed by atoms with E-state index >= 15 is 0 Å². The van der Waals surface area contributed by atoms with Crippen LogP contribution in [0, 0.1) is 0 Å². The molecule has 1 amide bonds. The second-order valence-corrected chi connectivity index (χ2v) is 9.09. The molecule has 2 aromatic rings. The summed E-state index contributed by atoms with van der Waals surface area (Å²) in [4.78, 5) is 13.3. The molecule has 1 saturated carbocycles. The van der Waals surface area contributed by atoms with E-state index in [1.807, 2.05) is 37.3 Å². The Morgan fingerprint density at radius 2 is 1.82 bits per heavy atom. The molecular weight excluding hydrogens is 414 g/mol. The number of amides is 1. The first-order valence-electron chi connectivity index (χ1n) is 9.98. The van der Waals surface area contributed by atoms with E-state index in [2.05, 4.69) is 50.0 Å². The van der Waals surface area contributed by atoms with Gasteiger partial charge in [0.1, 0.15) is 5.54 Å². The van der Waals surface area contributed by atoms with Crippen molar-refractivity contribution < 1.29 is 4.79 Å². The van der Waals surface area contributed by atoms with Crippen molar-refractivity contribution in [3.63, 3.8) is 0 Å². The smallest absolute Gasteiger partial charge is 0.264 e. The van der Waals surface area contributed by atoms with Gasteiger partial charge >= 0.3 is 0 Å². The number of rotatable bonds is 3. The molecule has 1 spiro atoms. The second-order valence-electron chi connectivity index (χ2n) is 8.18. The van der Waals surface area contributed by atoms with E-state index in [-0.39, 0.29) is 11.4 Å². The molecule has 1 heterocycles. The molecule has 146 valence electrons. The van der Waals surface area contributed by atoms with Crippen LogP contribution in [0.15, 0.2) is 58.1 Å². The minimum Gasteiger partial charge on any atom is -0.294 e. The number of hydrogen-bond donors (Lipinski definition) is 2. The third-order valence-corrected chi connectivity index (χ3v) is 6.64. The van der Waals surface area contributed by atoms with Crippen molar-refractivity contribution in [1.82, 2.24) is 10.7 Å². The maximum absolute atomic E-state index is 13.3. The number of nitrogens with zero attached hydrogens (tertiary/aromatic N) is 1. The van der Waals surface area contributed by atoms with E-state index in [4.69, 9.17) is 0 Å². The summed E-state index contributed by atoms with van der Waals surface area (Å²) in [5.74, 6) is -0.113. The zero-order chi connectivity index (χ0) is 19.6. The fraction of sp³-hybridized carbons (Fsp3) is 0.391. The zero-order valence-corrected chi connectivity index (χ0v) is 17.8. The van der Waals surface area contributed by atoms with Gasteiger partial charge in [0.2, 0.25) is 0 Å². The first-order valence-corrected chi connectivity index (χ1v) is 10.8. The number of halogens is 1. The number of hydrogen-bond acceptors (Lipinski definition) is 3. The Morgan fingerprint density at radius 1 is 1.11 bits per heavy atom. The van der Waals surface area contributed by atoms with Crippen LogP contribution in [0.3, 0.4) is 0 Å². The van der Waals surface area contributed by atoms with Crippen LogP contribution in [-0.4, -0.2) is 17.7 Å². The fourth-order valence-electron chi connectivity index (χ4n) is 4.70. The molecule has 0 aromatic heterocycles. The van der Waals surface area contributed by atoms with Gasteiger partial charge in [-0.3, -0.25) is 10.1 Å². The molecule has 4 rings (SSSR count). The van der Waals surface area contributed by atoms with Gasteiger partial charge in [-0.05, 0) is 55.0 Å². The number of carbonyl (C=O) groups is 1. The van der Waals surface area contributed by atoms with E-state index < -0.39 is 5.54 Å². The number of benzene rings is 2. The molecule has 0 unspecified atom stereocenters. The molecule has 1 fully saturated rings. The first kappa shape index (κ1) is 19.3. The fourth-order valence-corrected chi connectivity index (χ4v) is 4.97. The van der Waals surface area contributed by atoms with Crippen molar-refractivity contribution in [2.75, 3.05) is 0 Å². The van der Waals surface area contributed by atoms with Gasteiger partial charge in [0.25, 0.3) is 5.91 Å². The van der Waals surface area contributed by atoms with Crippen LogP contribution in [0.25, 0.3) is 0 Å². The number of carbonyl (C=O) groups excluding carboxylic acids is 1. The lowest BCUT2D eigenvalue weighted by Gasteiger charge is -2.49. The lowest BCUT2D eigenvalue weighted by Crippen LogP contribution is -2.65. The van der Waals surface area contributed by atoms with Gasteiger partial charge in [0.15, 0.2) is 0 Å². The minimum absolute atomic E-state index is 0.00805. The average Bonchev–Trinajstić information content (AvgIpc) is 2.70. The van der Waals surface area contributed by atoms with Crippen molar-refractivity contribution in [1.29, 1.82) is 0 Å². The lowest BCUT2D eigenvalue weighted by atomic mass is 9.69. The highest BCUT2D eigenvalue weighted by molar-refractivity contribution is 9.10. The highest BCUT2D eigenvalue weighted by Gasteiger charge is 2.48. The van der Waals surface area contributed by atoms with Crippen molar-refractivity contribution in [2.45, 2.75) is 56.5 Å². The van der Waals surface area contributed by atoms with Gasteiger partial charge in [0, 0.05) is 10.0 Å². The van der Waals surface area contributed by atoms with Crippen LogP contribution < -0.4 is 10.7 Å². The van der Waals surface area contributed by atoms with E-state index in [1.54, 1.807) is 6.21 Å². The summed E-state index contributed by atoms with van der Waals surface area (Å²) in [6.07, 6.45) is 8.63. The third-order valence-electron chi connectivity index (χ3n) is 6.11. The Balaban J connectivity index is 1.58. The summed E-state index contributed by atoms with van der Waals surface area (Å²) in [5.41, 5.74) is 5.27. The molecule has 2 aromatic carbocycles. The number of nitrogens with one attached hydrogen (secondary N) is 2. The van der Waals surface area contributed by atoms with Crippen LogP contribution in [0.5, 0.6) is 0 Å². The Hall–Kier alpha value is -1.98. The molecular formula is C23H26BrN3O. The van der Waals surface area contributed by atoms with Crippen LogP contribution in [0.4, 0.5) is 0 Å². The maximum atomic E-state index is 13.3. The highest BCUT2D eigenvalue weighted by Crippen LogP contribution is 2.41. The molecule has 0 bridgehead atoms. The van der Waals surface area contributed by atoms with E-state index in [0.717, 1.165) is 34.9 Å². The molecule has 2 N–H and O–H groups in total. The molecule has 1 atom stereocenters. The van der Waals surface area contributed by atoms with Crippen molar-refractivity contribution in [3.8, 4) is 0 Å². The minimum atomic E-state index is -0.788. The molecule has 2 aliphatic rings. The Kier molecular flexibility index (Phi) is 5.39. The molecule has 1 aliphatic heterocycles. The van der Waals surface area contributed by atoms with Crippen LogP contribution in [0.2, 0.25) is 0 Å². The van der Waals surface area contributed by atoms with E-state index in [1.165, 1.54) is 24.8 Å².